The van der Waals surface area contributed by atoms with Crippen LogP contribution in [0.1, 0.15) is 59.8 Å². The zero-order valence-electron chi connectivity index (χ0n) is 13.7. The van der Waals surface area contributed by atoms with Crippen LogP contribution in [0.15, 0.2) is 11.6 Å². The molecule has 2 fully saturated rings. The van der Waals surface area contributed by atoms with Crippen molar-refractivity contribution in [1.29, 1.82) is 0 Å². The van der Waals surface area contributed by atoms with Crippen LogP contribution in [0.3, 0.4) is 0 Å². The molecule has 21 heavy (non-hydrogen) atoms. The number of rotatable bonds is 4. The van der Waals surface area contributed by atoms with Gasteiger partial charge in [-0.1, -0.05) is 38.3 Å². The Morgan fingerprint density at radius 2 is 1.95 bits per heavy atom. The molecule has 0 radical (unpaired) electrons. The van der Waals surface area contributed by atoms with Crippen molar-refractivity contribution in [3.63, 3.8) is 0 Å². The molecule has 1 heterocycles. The van der Waals surface area contributed by atoms with E-state index in [0.29, 0.717) is 12.5 Å². The second-order valence-electron chi connectivity index (χ2n) is 7.16. The molecule has 0 aromatic carbocycles. The first-order valence-corrected chi connectivity index (χ1v) is 8.12. The molecule has 0 bridgehead atoms. The van der Waals surface area contributed by atoms with Crippen molar-refractivity contribution < 1.29 is 9.59 Å². The van der Waals surface area contributed by atoms with E-state index in [1.165, 1.54) is 5.57 Å². The van der Waals surface area contributed by atoms with Crippen LogP contribution < -0.4 is 5.32 Å². The minimum Gasteiger partial charge on any atom is -0.340 e. The molecule has 118 valence electrons. The fraction of sp³-hybridized carbons (Fsp3) is 0.765. The number of carbonyl (C=O) groups excluding carboxylic acids is 2. The fourth-order valence-corrected chi connectivity index (χ4v) is 3.42. The van der Waals surface area contributed by atoms with Gasteiger partial charge in [0.1, 0.15) is 11.6 Å². The third kappa shape index (κ3) is 3.30. The number of allylic oxidation sites excluding steroid dienone is 1. The van der Waals surface area contributed by atoms with Gasteiger partial charge in [-0.2, -0.15) is 0 Å². The van der Waals surface area contributed by atoms with Crippen LogP contribution >= 0.6 is 0 Å². The van der Waals surface area contributed by atoms with E-state index in [1.807, 2.05) is 24.8 Å². The van der Waals surface area contributed by atoms with E-state index in [0.717, 1.165) is 32.1 Å². The predicted molar refractivity (Wildman–Crippen MR) is 83.7 cm³/mol. The maximum absolute atomic E-state index is 13.0. The van der Waals surface area contributed by atoms with Gasteiger partial charge in [-0.05, 0) is 39.0 Å². The molecule has 4 nitrogen and oxygen atoms in total. The molecule has 1 N–H and O–H groups in total. The lowest BCUT2D eigenvalue weighted by Crippen LogP contribution is -2.69. The molecule has 0 aromatic rings. The first kappa shape index (κ1) is 16.1. The first-order chi connectivity index (χ1) is 9.85. The summed E-state index contributed by atoms with van der Waals surface area (Å²) in [7, 11) is 0. The zero-order chi connectivity index (χ0) is 15.6. The van der Waals surface area contributed by atoms with Crippen molar-refractivity contribution in [2.24, 2.45) is 5.92 Å². The molecule has 4 heteroatoms. The van der Waals surface area contributed by atoms with E-state index < -0.39 is 5.54 Å². The number of nitrogens with one attached hydrogen (secondary N) is 1. The van der Waals surface area contributed by atoms with E-state index in [1.54, 1.807) is 0 Å². The number of nitrogens with zero attached hydrogens (tertiary/aromatic N) is 1. The largest absolute Gasteiger partial charge is 0.340 e. The second kappa shape index (κ2) is 6.20. The average molecular weight is 292 g/mol. The van der Waals surface area contributed by atoms with Crippen LogP contribution in [0, 0.1) is 5.92 Å². The highest BCUT2D eigenvalue weighted by molar-refractivity contribution is 6.00. The lowest BCUT2D eigenvalue weighted by molar-refractivity contribution is -0.154. The van der Waals surface area contributed by atoms with Crippen molar-refractivity contribution in [3.05, 3.63) is 11.6 Å². The molecular formula is C17H28N2O2. The highest BCUT2D eigenvalue weighted by Gasteiger charge is 2.51. The van der Waals surface area contributed by atoms with Gasteiger partial charge in [-0.25, -0.2) is 0 Å². The summed E-state index contributed by atoms with van der Waals surface area (Å²) in [5.74, 6) is 0.551. The highest BCUT2D eigenvalue weighted by atomic mass is 16.2. The third-order valence-electron chi connectivity index (χ3n) is 4.56. The van der Waals surface area contributed by atoms with Crippen LogP contribution in [0.25, 0.3) is 0 Å². The minimum atomic E-state index is -0.611. The number of hydrogen-bond acceptors (Lipinski definition) is 2. The van der Waals surface area contributed by atoms with Gasteiger partial charge in [0.25, 0.3) is 0 Å². The standard InChI is InChI=1S/C17H28N2O2/c1-12(2)7-10-19-14(11-13(3)4)15(20)18-17(16(19)21)8-5-6-9-17/h7,13-14H,5-6,8-11H2,1-4H3,(H,18,20). The zero-order valence-corrected chi connectivity index (χ0v) is 13.7. The van der Waals surface area contributed by atoms with Crippen LogP contribution in [0.5, 0.6) is 0 Å². The summed E-state index contributed by atoms with van der Waals surface area (Å²) in [4.78, 5) is 27.4. The van der Waals surface area contributed by atoms with Crippen molar-refractivity contribution in [1.82, 2.24) is 10.2 Å². The number of hydrogen-bond donors (Lipinski definition) is 1. The Kier molecular flexibility index (Phi) is 4.74. The monoisotopic (exact) mass is 292 g/mol. The Hall–Kier alpha value is -1.32. The van der Waals surface area contributed by atoms with Crippen molar-refractivity contribution in [3.8, 4) is 0 Å². The van der Waals surface area contributed by atoms with Gasteiger partial charge < -0.3 is 10.2 Å². The molecule has 2 rings (SSSR count). The Labute approximate surface area is 128 Å². The van der Waals surface area contributed by atoms with E-state index in [9.17, 15) is 9.59 Å². The molecule has 1 saturated carbocycles. The van der Waals surface area contributed by atoms with Gasteiger partial charge in [0, 0.05) is 6.54 Å². The summed E-state index contributed by atoms with van der Waals surface area (Å²) in [6.45, 7) is 8.79. The number of carbonyl (C=O) groups is 2. The molecule has 1 unspecified atom stereocenters. The molecule has 1 aliphatic carbocycles. The minimum absolute atomic E-state index is 0.0346. The Morgan fingerprint density at radius 3 is 2.48 bits per heavy atom. The van der Waals surface area contributed by atoms with Crippen LogP contribution in [0.4, 0.5) is 0 Å². The normalized spacial score (nSPS) is 24.6. The van der Waals surface area contributed by atoms with Gasteiger partial charge in [-0.3, -0.25) is 9.59 Å². The molecule has 1 atom stereocenters. The molecule has 2 aliphatic rings. The predicted octanol–water partition coefficient (Wildman–Crippen LogP) is 2.64. The van der Waals surface area contributed by atoms with Gasteiger partial charge in [0.15, 0.2) is 0 Å². The number of piperazine rings is 1. The van der Waals surface area contributed by atoms with Crippen LogP contribution in [0.2, 0.25) is 0 Å². The number of amides is 2. The van der Waals surface area contributed by atoms with Crippen LogP contribution in [-0.2, 0) is 9.59 Å². The highest BCUT2D eigenvalue weighted by Crippen LogP contribution is 2.35. The molecule has 1 aliphatic heterocycles. The first-order valence-electron chi connectivity index (χ1n) is 8.12. The van der Waals surface area contributed by atoms with Crippen molar-refractivity contribution >= 4 is 11.8 Å². The quantitative estimate of drug-likeness (QED) is 0.810. The Morgan fingerprint density at radius 1 is 1.33 bits per heavy atom. The van der Waals surface area contributed by atoms with Gasteiger partial charge in [0.05, 0.1) is 0 Å². The maximum atomic E-state index is 13.0. The Balaban J connectivity index is 2.27. The lowest BCUT2D eigenvalue weighted by Gasteiger charge is -2.44. The third-order valence-corrected chi connectivity index (χ3v) is 4.56. The van der Waals surface area contributed by atoms with Gasteiger partial charge in [0.2, 0.25) is 11.8 Å². The summed E-state index contributed by atoms with van der Waals surface area (Å²) in [6.07, 6.45) is 6.40. The molecule has 0 aromatic heterocycles. The summed E-state index contributed by atoms with van der Waals surface area (Å²) in [5, 5.41) is 3.06. The lowest BCUT2D eigenvalue weighted by atomic mass is 9.88. The van der Waals surface area contributed by atoms with E-state index >= 15 is 0 Å². The molecular weight excluding hydrogens is 264 g/mol. The van der Waals surface area contributed by atoms with Gasteiger partial charge in [-0.15, -0.1) is 0 Å². The van der Waals surface area contributed by atoms with Crippen molar-refractivity contribution in [2.45, 2.75) is 71.4 Å². The van der Waals surface area contributed by atoms with Crippen molar-refractivity contribution in [2.75, 3.05) is 6.54 Å². The average Bonchev–Trinajstić information content (AvgIpc) is 2.84. The molecule has 1 saturated heterocycles. The van der Waals surface area contributed by atoms with E-state index in [2.05, 4.69) is 19.2 Å². The summed E-state index contributed by atoms with van der Waals surface area (Å²) >= 11 is 0. The molecule has 1 spiro atoms. The topological polar surface area (TPSA) is 49.4 Å². The summed E-state index contributed by atoms with van der Waals surface area (Å²) in [5.41, 5.74) is 0.567. The smallest absolute Gasteiger partial charge is 0.249 e. The summed E-state index contributed by atoms with van der Waals surface area (Å²) in [6, 6.07) is -0.320. The van der Waals surface area contributed by atoms with Crippen LogP contribution in [-0.4, -0.2) is 34.8 Å². The second-order valence-corrected chi connectivity index (χ2v) is 7.16. The van der Waals surface area contributed by atoms with E-state index in [-0.39, 0.29) is 17.9 Å². The Bertz CT molecular complexity index is 444. The van der Waals surface area contributed by atoms with Gasteiger partial charge >= 0.3 is 0 Å². The SMILES string of the molecule is CC(C)=CCN1C(=O)C2(CCCC2)NC(=O)C1CC(C)C. The van der Waals surface area contributed by atoms with E-state index in [4.69, 9.17) is 0 Å². The molecule has 2 amide bonds. The summed E-state index contributed by atoms with van der Waals surface area (Å²) < 4.78 is 0. The fourth-order valence-electron chi connectivity index (χ4n) is 3.42. The maximum Gasteiger partial charge on any atom is 0.249 e.